The molecule has 2 heteroatoms. The van der Waals surface area contributed by atoms with Gasteiger partial charge in [0.2, 0.25) is 0 Å². The van der Waals surface area contributed by atoms with Gasteiger partial charge in [-0.2, -0.15) is 0 Å². The molecule has 2 nitrogen and oxygen atoms in total. The highest BCUT2D eigenvalue weighted by atomic mass is 16.3. The average Bonchev–Trinajstić information content (AvgIpc) is 2.75. The SMILES string of the molecule is CC(C)c1ccc(C(O)C#CCCCCC#CC(O)c2ccc(C(C)C)cc2)cc1. The third-order valence-corrected chi connectivity index (χ3v) is 5.17. The molecule has 2 aromatic carbocycles. The summed E-state index contributed by atoms with van der Waals surface area (Å²) in [4.78, 5) is 0. The van der Waals surface area contributed by atoms with E-state index < -0.39 is 12.2 Å². The van der Waals surface area contributed by atoms with Gasteiger partial charge in [-0.15, -0.1) is 11.8 Å². The predicted octanol–water partition coefficient (Wildman–Crippen LogP) is 6.27. The summed E-state index contributed by atoms with van der Waals surface area (Å²) < 4.78 is 0. The van der Waals surface area contributed by atoms with Crippen LogP contribution in [0.4, 0.5) is 0 Å². The van der Waals surface area contributed by atoms with Crippen LogP contribution in [0.1, 0.15) is 99.7 Å². The normalized spacial score (nSPS) is 12.7. The summed E-state index contributed by atoms with van der Waals surface area (Å²) in [6.07, 6.45) is 1.87. The van der Waals surface area contributed by atoms with E-state index in [0.717, 1.165) is 36.8 Å². The van der Waals surface area contributed by atoms with Crippen LogP contribution >= 0.6 is 0 Å². The summed E-state index contributed by atoms with van der Waals surface area (Å²) in [5.41, 5.74) is 4.21. The molecule has 2 atom stereocenters. The first-order valence-electron chi connectivity index (χ1n) is 10.9. The fourth-order valence-electron chi connectivity index (χ4n) is 3.06. The van der Waals surface area contributed by atoms with E-state index in [1.165, 1.54) is 11.1 Å². The lowest BCUT2D eigenvalue weighted by Gasteiger charge is -2.08. The third-order valence-electron chi connectivity index (χ3n) is 5.17. The van der Waals surface area contributed by atoms with Gasteiger partial charge < -0.3 is 10.2 Å². The second-order valence-corrected chi connectivity index (χ2v) is 8.30. The van der Waals surface area contributed by atoms with Crippen molar-refractivity contribution in [3.63, 3.8) is 0 Å². The molecule has 2 aromatic rings. The molecule has 0 fully saturated rings. The highest BCUT2D eigenvalue weighted by molar-refractivity contribution is 5.31. The Bertz CT molecular complexity index is 807. The maximum atomic E-state index is 10.2. The number of benzene rings is 2. The summed E-state index contributed by atoms with van der Waals surface area (Å²) in [6.45, 7) is 8.61. The largest absolute Gasteiger partial charge is 0.376 e. The van der Waals surface area contributed by atoms with Crippen molar-refractivity contribution in [2.75, 3.05) is 0 Å². The van der Waals surface area contributed by atoms with E-state index >= 15 is 0 Å². The lowest BCUT2D eigenvalue weighted by molar-refractivity contribution is 0.238. The van der Waals surface area contributed by atoms with Crippen LogP contribution in [0, 0.1) is 23.7 Å². The van der Waals surface area contributed by atoms with Gasteiger partial charge in [0, 0.05) is 12.8 Å². The van der Waals surface area contributed by atoms with Crippen LogP contribution in [-0.2, 0) is 0 Å². The van der Waals surface area contributed by atoms with Crippen molar-refractivity contribution in [3.05, 3.63) is 70.8 Å². The van der Waals surface area contributed by atoms with E-state index in [4.69, 9.17) is 0 Å². The number of unbranched alkanes of at least 4 members (excludes halogenated alkanes) is 3. The van der Waals surface area contributed by atoms with Gasteiger partial charge >= 0.3 is 0 Å². The van der Waals surface area contributed by atoms with Crippen molar-refractivity contribution >= 4 is 0 Å². The minimum atomic E-state index is -0.733. The van der Waals surface area contributed by atoms with Gasteiger partial charge in [-0.1, -0.05) is 88.1 Å². The van der Waals surface area contributed by atoms with Crippen LogP contribution in [0.15, 0.2) is 48.5 Å². The Kier molecular flexibility index (Phi) is 9.69. The van der Waals surface area contributed by atoms with Crippen LogP contribution in [-0.4, -0.2) is 10.2 Å². The van der Waals surface area contributed by atoms with Gasteiger partial charge in [-0.25, -0.2) is 0 Å². The van der Waals surface area contributed by atoms with Crippen LogP contribution < -0.4 is 0 Å². The second kappa shape index (κ2) is 12.2. The molecule has 0 aliphatic heterocycles. The molecule has 2 N–H and O–H groups in total. The van der Waals surface area contributed by atoms with Gasteiger partial charge in [0.1, 0.15) is 12.2 Å². The van der Waals surface area contributed by atoms with Crippen molar-refractivity contribution in [1.29, 1.82) is 0 Å². The molecule has 0 aliphatic rings. The maximum Gasteiger partial charge on any atom is 0.140 e. The van der Waals surface area contributed by atoms with E-state index in [2.05, 4.69) is 75.6 Å². The minimum absolute atomic E-state index is 0.483. The fourth-order valence-corrected chi connectivity index (χ4v) is 3.06. The summed E-state index contributed by atoms with van der Waals surface area (Å²) in [5, 5.41) is 20.4. The number of aliphatic hydroxyl groups excluding tert-OH is 2. The highest BCUT2D eigenvalue weighted by Crippen LogP contribution is 2.19. The first kappa shape index (κ1) is 23.8. The zero-order chi connectivity index (χ0) is 21.9. The second-order valence-electron chi connectivity index (χ2n) is 8.30. The minimum Gasteiger partial charge on any atom is -0.376 e. The van der Waals surface area contributed by atoms with Gasteiger partial charge in [0.25, 0.3) is 0 Å². The Hall–Kier alpha value is -2.52. The molecular formula is C28H34O2. The Morgan fingerprint density at radius 1 is 0.567 bits per heavy atom. The summed E-state index contributed by atoms with van der Waals surface area (Å²) >= 11 is 0. The third kappa shape index (κ3) is 7.72. The number of aliphatic hydroxyl groups is 2. The Morgan fingerprint density at radius 2 is 0.867 bits per heavy atom. The number of hydrogen-bond donors (Lipinski definition) is 2. The average molecular weight is 403 g/mol. The summed E-state index contributed by atoms with van der Waals surface area (Å²) in [6, 6.07) is 16.0. The first-order chi connectivity index (χ1) is 14.4. The lowest BCUT2D eigenvalue weighted by atomic mass is 10.00. The Morgan fingerprint density at radius 3 is 1.17 bits per heavy atom. The molecule has 0 saturated carbocycles. The molecule has 0 saturated heterocycles. The Labute approximate surface area is 182 Å². The van der Waals surface area contributed by atoms with Crippen LogP contribution in [0.5, 0.6) is 0 Å². The molecule has 0 spiro atoms. The van der Waals surface area contributed by atoms with Crippen molar-refractivity contribution in [1.82, 2.24) is 0 Å². The molecule has 2 rings (SSSR count). The molecule has 0 radical (unpaired) electrons. The van der Waals surface area contributed by atoms with E-state index in [1.54, 1.807) is 0 Å². The Balaban J connectivity index is 1.70. The van der Waals surface area contributed by atoms with E-state index in [-0.39, 0.29) is 0 Å². The predicted molar refractivity (Wildman–Crippen MR) is 125 cm³/mol. The van der Waals surface area contributed by atoms with Gasteiger partial charge in [-0.05, 0) is 46.9 Å². The smallest absolute Gasteiger partial charge is 0.140 e. The lowest BCUT2D eigenvalue weighted by Crippen LogP contribution is -1.95. The number of rotatable bonds is 7. The molecule has 0 heterocycles. The zero-order valence-electron chi connectivity index (χ0n) is 18.7. The molecular weight excluding hydrogens is 368 g/mol. The fraction of sp³-hybridized carbons (Fsp3) is 0.429. The molecule has 30 heavy (non-hydrogen) atoms. The molecule has 0 amide bonds. The summed E-state index contributed by atoms with van der Waals surface area (Å²) in [7, 11) is 0. The van der Waals surface area contributed by atoms with E-state index in [0.29, 0.717) is 11.8 Å². The molecule has 0 aliphatic carbocycles. The standard InChI is InChI=1S/C28H34O2/c1-21(2)23-13-17-25(18-14-23)27(29)11-9-7-5-6-8-10-12-28(30)26-19-15-24(16-20-26)22(3)4/h13-22,27-30H,5-8H2,1-4H3. The molecule has 158 valence electrons. The first-order valence-corrected chi connectivity index (χ1v) is 10.9. The van der Waals surface area contributed by atoms with Gasteiger partial charge in [0.05, 0.1) is 0 Å². The van der Waals surface area contributed by atoms with E-state index in [1.807, 2.05) is 24.3 Å². The zero-order valence-corrected chi connectivity index (χ0v) is 18.7. The van der Waals surface area contributed by atoms with Gasteiger partial charge in [0.15, 0.2) is 0 Å². The van der Waals surface area contributed by atoms with Crippen molar-refractivity contribution < 1.29 is 10.2 Å². The maximum absolute atomic E-state index is 10.2. The monoisotopic (exact) mass is 402 g/mol. The van der Waals surface area contributed by atoms with Crippen molar-refractivity contribution in [2.45, 2.75) is 77.4 Å². The van der Waals surface area contributed by atoms with Crippen molar-refractivity contribution in [3.8, 4) is 23.7 Å². The quantitative estimate of drug-likeness (QED) is 0.423. The van der Waals surface area contributed by atoms with Gasteiger partial charge in [-0.3, -0.25) is 0 Å². The molecule has 2 unspecified atom stereocenters. The number of hydrogen-bond acceptors (Lipinski definition) is 2. The molecule has 0 aromatic heterocycles. The van der Waals surface area contributed by atoms with E-state index in [9.17, 15) is 10.2 Å². The van der Waals surface area contributed by atoms with Crippen LogP contribution in [0.3, 0.4) is 0 Å². The summed E-state index contributed by atoms with van der Waals surface area (Å²) in [5.74, 6) is 12.9. The topological polar surface area (TPSA) is 40.5 Å². The van der Waals surface area contributed by atoms with Crippen LogP contribution in [0.2, 0.25) is 0 Å². The van der Waals surface area contributed by atoms with Crippen LogP contribution in [0.25, 0.3) is 0 Å². The van der Waals surface area contributed by atoms with Crippen molar-refractivity contribution in [2.24, 2.45) is 0 Å². The molecule has 0 bridgehead atoms. The highest BCUT2D eigenvalue weighted by Gasteiger charge is 2.05.